The summed E-state index contributed by atoms with van der Waals surface area (Å²) in [7, 11) is 0. The average Bonchev–Trinajstić information content (AvgIpc) is 2.87. The van der Waals surface area contributed by atoms with E-state index in [4.69, 9.17) is 33.0 Å². The second-order valence-corrected chi connectivity index (χ2v) is 5.91. The first-order chi connectivity index (χ1) is 9.72. The summed E-state index contributed by atoms with van der Waals surface area (Å²) in [6.45, 7) is 2.84. The molecule has 1 atom stereocenters. The number of likely N-dealkylation sites (tertiary alicyclic amines) is 1. The predicted molar refractivity (Wildman–Crippen MR) is 82.9 cm³/mol. The molecule has 1 aliphatic heterocycles. The van der Waals surface area contributed by atoms with Crippen molar-refractivity contribution in [2.24, 2.45) is 0 Å². The Kier molecular flexibility index (Phi) is 6.43. The van der Waals surface area contributed by atoms with Crippen LogP contribution >= 0.6 is 23.2 Å². The van der Waals surface area contributed by atoms with E-state index in [0.29, 0.717) is 28.4 Å². The smallest absolute Gasteiger partial charge is 0.156 e. The van der Waals surface area contributed by atoms with Crippen LogP contribution in [-0.2, 0) is 0 Å². The van der Waals surface area contributed by atoms with Crippen molar-refractivity contribution in [2.45, 2.75) is 31.7 Å². The van der Waals surface area contributed by atoms with Crippen LogP contribution in [0.25, 0.3) is 0 Å². The number of ether oxygens (including phenoxy) is 1. The molecule has 0 aromatic heterocycles. The van der Waals surface area contributed by atoms with Gasteiger partial charge in [-0.1, -0.05) is 29.3 Å². The number of hydrogen-bond acceptors (Lipinski definition) is 3. The van der Waals surface area contributed by atoms with Crippen molar-refractivity contribution in [3.63, 3.8) is 0 Å². The minimum atomic E-state index is 0.274. The molecule has 0 bridgehead atoms. The van der Waals surface area contributed by atoms with Gasteiger partial charge in [0, 0.05) is 19.2 Å². The van der Waals surface area contributed by atoms with Crippen molar-refractivity contribution in [1.29, 1.82) is 0 Å². The van der Waals surface area contributed by atoms with E-state index < -0.39 is 0 Å². The summed E-state index contributed by atoms with van der Waals surface area (Å²) in [6.07, 6.45) is 4.37. The maximum Gasteiger partial charge on any atom is 0.156 e. The van der Waals surface area contributed by atoms with E-state index in [2.05, 4.69) is 4.90 Å². The molecule has 0 radical (unpaired) electrons. The summed E-state index contributed by atoms with van der Waals surface area (Å²) in [5, 5.41) is 10.0. The first-order valence-corrected chi connectivity index (χ1v) is 7.89. The molecule has 1 N–H and O–H groups in total. The topological polar surface area (TPSA) is 32.7 Å². The lowest BCUT2D eigenvalue weighted by Crippen LogP contribution is -2.33. The molecule has 1 fully saturated rings. The van der Waals surface area contributed by atoms with Crippen molar-refractivity contribution < 1.29 is 9.84 Å². The summed E-state index contributed by atoms with van der Waals surface area (Å²) in [5.41, 5.74) is 0. The summed E-state index contributed by atoms with van der Waals surface area (Å²) >= 11 is 12.1. The Labute approximate surface area is 130 Å². The predicted octanol–water partition coefficient (Wildman–Crippen LogP) is 3.61. The van der Waals surface area contributed by atoms with E-state index in [1.807, 2.05) is 6.07 Å². The van der Waals surface area contributed by atoms with Gasteiger partial charge in [0.25, 0.3) is 0 Å². The Morgan fingerprint density at radius 2 is 2.05 bits per heavy atom. The molecule has 5 heteroatoms. The van der Waals surface area contributed by atoms with Gasteiger partial charge in [0.05, 0.1) is 10.0 Å². The fraction of sp³-hybridized carbons (Fsp3) is 0.600. The van der Waals surface area contributed by atoms with E-state index in [9.17, 15) is 0 Å². The molecule has 20 heavy (non-hydrogen) atoms. The third-order valence-corrected chi connectivity index (χ3v) is 4.33. The molecule has 0 saturated carbocycles. The first kappa shape index (κ1) is 15.9. The van der Waals surface area contributed by atoms with Crippen molar-refractivity contribution in [1.82, 2.24) is 4.90 Å². The van der Waals surface area contributed by atoms with Crippen molar-refractivity contribution >= 4 is 23.2 Å². The van der Waals surface area contributed by atoms with E-state index in [1.54, 1.807) is 12.1 Å². The molecular formula is C15H21Cl2NO2. The highest BCUT2D eigenvalue weighted by Gasteiger charge is 2.23. The van der Waals surface area contributed by atoms with Gasteiger partial charge < -0.3 is 9.84 Å². The van der Waals surface area contributed by atoms with Crippen molar-refractivity contribution in [3.05, 3.63) is 28.2 Å². The summed E-state index contributed by atoms with van der Waals surface area (Å²) in [5.74, 6) is 0.571. The fourth-order valence-electron chi connectivity index (χ4n) is 2.73. The van der Waals surface area contributed by atoms with Crippen LogP contribution in [0.2, 0.25) is 10.0 Å². The van der Waals surface area contributed by atoms with Crippen LogP contribution in [-0.4, -0.2) is 42.4 Å². The molecule has 1 heterocycles. The minimum absolute atomic E-state index is 0.274. The van der Waals surface area contributed by atoms with Gasteiger partial charge in [-0.05, 0) is 44.4 Å². The van der Waals surface area contributed by atoms with Crippen LogP contribution in [0.1, 0.15) is 25.7 Å². The second kappa shape index (κ2) is 8.08. The van der Waals surface area contributed by atoms with Gasteiger partial charge >= 0.3 is 0 Å². The lowest BCUT2D eigenvalue weighted by Gasteiger charge is -2.24. The molecule has 1 unspecified atom stereocenters. The minimum Gasteiger partial charge on any atom is -0.489 e. The Balaban J connectivity index is 1.80. The lowest BCUT2D eigenvalue weighted by atomic mass is 10.1. The maximum atomic E-state index is 8.93. The number of halogens is 2. The normalized spacial score (nSPS) is 19.4. The van der Waals surface area contributed by atoms with Crippen LogP contribution in [0.5, 0.6) is 5.75 Å². The Bertz CT molecular complexity index is 408. The zero-order valence-electron chi connectivity index (χ0n) is 11.5. The molecule has 0 aliphatic carbocycles. The Hall–Kier alpha value is -0.480. The molecule has 0 spiro atoms. The standard InChI is InChI=1S/C15H21Cl2NO2/c16-13-6-1-7-14(17)15(13)20-11-9-18-8-2-4-12(18)5-3-10-19/h1,6-7,12,19H,2-5,8-11H2. The van der Waals surface area contributed by atoms with Gasteiger partial charge in [-0.3, -0.25) is 4.90 Å². The van der Waals surface area contributed by atoms with Crippen LogP contribution in [0.4, 0.5) is 0 Å². The van der Waals surface area contributed by atoms with E-state index in [-0.39, 0.29) is 6.61 Å². The maximum absolute atomic E-state index is 8.93. The highest BCUT2D eigenvalue weighted by atomic mass is 35.5. The third kappa shape index (κ3) is 4.26. The molecular weight excluding hydrogens is 297 g/mol. The Morgan fingerprint density at radius 1 is 1.30 bits per heavy atom. The van der Waals surface area contributed by atoms with Gasteiger partial charge in [-0.25, -0.2) is 0 Å². The zero-order chi connectivity index (χ0) is 14.4. The van der Waals surface area contributed by atoms with Gasteiger partial charge in [0.15, 0.2) is 5.75 Å². The van der Waals surface area contributed by atoms with E-state index >= 15 is 0 Å². The summed E-state index contributed by atoms with van der Waals surface area (Å²) in [4.78, 5) is 2.43. The number of aliphatic hydroxyl groups excluding tert-OH is 1. The first-order valence-electron chi connectivity index (χ1n) is 7.14. The monoisotopic (exact) mass is 317 g/mol. The molecule has 1 aromatic carbocycles. The fourth-order valence-corrected chi connectivity index (χ4v) is 3.24. The van der Waals surface area contributed by atoms with Crippen LogP contribution in [0.15, 0.2) is 18.2 Å². The molecule has 112 valence electrons. The van der Waals surface area contributed by atoms with Crippen LogP contribution < -0.4 is 4.74 Å². The molecule has 0 amide bonds. The number of rotatable bonds is 7. The highest BCUT2D eigenvalue weighted by Crippen LogP contribution is 2.32. The molecule has 3 nitrogen and oxygen atoms in total. The van der Waals surface area contributed by atoms with Crippen molar-refractivity contribution in [3.8, 4) is 5.75 Å². The molecule has 1 aromatic rings. The molecule has 1 saturated heterocycles. The van der Waals surface area contributed by atoms with Crippen LogP contribution in [0, 0.1) is 0 Å². The number of nitrogens with zero attached hydrogens (tertiary/aromatic N) is 1. The third-order valence-electron chi connectivity index (χ3n) is 3.74. The van der Waals surface area contributed by atoms with E-state index in [0.717, 1.165) is 25.9 Å². The van der Waals surface area contributed by atoms with Crippen molar-refractivity contribution in [2.75, 3.05) is 26.3 Å². The SMILES string of the molecule is OCCCC1CCCN1CCOc1c(Cl)cccc1Cl. The Morgan fingerprint density at radius 3 is 2.75 bits per heavy atom. The average molecular weight is 318 g/mol. The quantitative estimate of drug-likeness (QED) is 0.834. The summed E-state index contributed by atoms with van der Waals surface area (Å²) in [6, 6.07) is 5.95. The largest absolute Gasteiger partial charge is 0.489 e. The van der Waals surface area contributed by atoms with Gasteiger partial charge in [0.1, 0.15) is 6.61 Å². The number of aliphatic hydroxyl groups is 1. The lowest BCUT2D eigenvalue weighted by molar-refractivity contribution is 0.180. The second-order valence-electron chi connectivity index (χ2n) is 5.10. The van der Waals surface area contributed by atoms with Gasteiger partial charge in [-0.15, -0.1) is 0 Å². The van der Waals surface area contributed by atoms with Gasteiger partial charge in [0.2, 0.25) is 0 Å². The van der Waals surface area contributed by atoms with Gasteiger partial charge in [-0.2, -0.15) is 0 Å². The zero-order valence-corrected chi connectivity index (χ0v) is 13.0. The van der Waals surface area contributed by atoms with E-state index in [1.165, 1.54) is 12.8 Å². The van der Waals surface area contributed by atoms with Crippen LogP contribution in [0.3, 0.4) is 0 Å². The molecule has 2 rings (SSSR count). The number of para-hydroxylation sites is 1. The summed E-state index contributed by atoms with van der Waals surface area (Å²) < 4.78 is 5.73. The number of hydrogen-bond donors (Lipinski definition) is 1. The highest BCUT2D eigenvalue weighted by molar-refractivity contribution is 6.37. The number of benzene rings is 1. The molecule has 1 aliphatic rings.